The molecule has 80 valence electrons. The molecule has 15 heavy (non-hydrogen) atoms. The van der Waals surface area contributed by atoms with Crippen LogP contribution in [0.25, 0.3) is 0 Å². The maximum absolute atomic E-state index is 9.78. The summed E-state index contributed by atoms with van der Waals surface area (Å²) in [4.78, 5) is 0. The van der Waals surface area contributed by atoms with Crippen LogP contribution in [0.15, 0.2) is 22.7 Å². The Hall–Kier alpha value is -0.980. The molecule has 0 aromatic heterocycles. The Bertz CT molecular complexity index is 368. The van der Waals surface area contributed by atoms with Crippen molar-refractivity contribution in [2.75, 3.05) is 7.11 Å². The van der Waals surface area contributed by atoms with Gasteiger partial charge >= 0.3 is 0 Å². The van der Waals surface area contributed by atoms with Crippen molar-refractivity contribution in [2.24, 2.45) is 0 Å². The van der Waals surface area contributed by atoms with Crippen molar-refractivity contribution in [3.8, 4) is 18.1 Å². The van der Waals surface area contributed by atoms with Gasteiger partial charge in [0.1, 0.15) is 5.75 Å². The number of ether oxygens (including phenoxy) is 1. The number of methoxy groups -OCH3 is 1. The highest BCUT2D eigenvalue weighted by atomic mass is 79.9. The molecule has 1 rings (SSSR count). The molecule has 1 aromatic carbocycles. The summed E-state index contributed by atoms with van der Waals surface area (Å²) in [5.41, 5.74) is 0.845. The van der Waals surface area contributed by atoms with Gasteiger partial charge < -0.3 is 9.84 Å². The second-order valence-electron chi connectivity index (χ2n) is 3.15. The maximum Gasteiger partial charge on any atom is 0.133 e. The van der Waals surface area contributed by atoms with E-state index in [1.165, 1.54) is 0 Å². The van der Waals surface area contributed by atoms with E-state index in [2.05, 4.69) is 21.9 Å². The second kappa shape index (κ2) is 5.79. The lowest BCUT2D eigenvalue weighted by Crippen LogP contribution is -1.97. The van der Waals surface area contributed by atoms with E-state index >= 15 is 0 Å². The lowest BCUT2D eigenvalue weighted by atomic mass is 10.1. The van der Waals surface area contributed by atoms with Crippen molar-refractivity contribution < 1.29 is 9.84 Å². The molecular weight excluding hydrogens is 256 g/mol. The van der Waals surface area contributed by atoms with Gasteiger partial charge in [0.2, 0.25) is 0 Å². The summed E-state index contributed by atoms with van der Waals surface area (Å²) < 4.78 is 5.94. The molecule has 0 bridgehead atoms. The first-order valence-electron chi connectivity index (χ1n) is 4.64. The topological polar surface area (TPSA) is 29.5 Å². The van der Waals surface area contributed by atoms with E-state index in [1.54, 1.807) is 7.11 Å². The molecule has 0 aliphatic rings. The second-order valence-corrected chi connectivity index (χ2v) is 4.01. The number of hydrogen-bond acceptors (Lipinski definition) is 2. The molecule has 1 unspecified atom stereocenters. The summed E-state index contributed by atoms with van der Waals surface area (Å²) in [6, 6.07) is 5.50. The zero-order valence-electron chi connectivity index (χ0n) is 8.53. The predicted octanol–water partition coefficient (Wildman–Crippen LogP) is 2.90. The first-order valence-corrected chi connectivity index (χ1v) is 5.43. The number of aliphatic hydroxyl groups excluding tert-OH is 1. The molecule has 0 saturated carbocycles. The van der Waals surface area contributed by atoms with Crippen LogP contribution in [0, 0.1) is 12.3 Å². The summed E-state index contributed by atoms with van der Waals surface area (Å²) in [7, 11) is 1.61. The Morgan fingerprint density at radius 2 is 2.33 bits per heavy atom. The van der Waals surface area contributed by atoms with Crippen molar-refractivity contribution in [1.29, 1.82) is 0 Å². The molecule has 1 N–H and O–H groups in total. The van der Waals surface area contributed by atoms with Crippen molar-refractivity contribution in [3.63, 3.8) is 0 Å². The van der Waals surface area contributed by atoms with Gasteiger partial charge in [0, 0.05) is 6.42 Å². The molecule has 0 radical (unpaired) electrons. The molecule has 1 atom stereocenters. The van der Waals surface area contributed by atoms with E-state index in [9.17, 15) is 5.11 Å². The highest BCUT2D eigenvalue weighted by molar-refractivity contribution is 9.10. The minimum absolute atomic E-state index is 0.511. The molecule has 1 aromatic rings. The fraction of sp³-hybridized carbons (Fsp3) is 0.333. The van der Waals surface area contributed by atoms with E-state index in [0.717, 1.165) is 15.8 Å². The van der Waals surface area contributed by atoms with Crippen LogP contribution >= 0.6 is 15.9 Å². The van der Waals surface area contributed by atoms with Gasteiger partial charge in [-0.15, -0.1) is 12.3 Å². The lowest BCUT2D eigenvalue weighted by Gasteiger charge is -2.11. The van der Waals surface area contributed by atoms with Crippen LogP contribution in [0.5, 0.6) is 5.75 Å². The zero-order valence-corrected chi connectivity index (χ0v) is 10.1. The predicted molar refractivity (Wildman–Crippen MR) is 63.7 cm³/mol. The SMILES string of the molecule is C#CCCC(O)c1ccc(OC)c(Br)c1. The minimum Gasteiger partial charge on any atom is -0.496 e. The molecule has 0 fully saturated rings. The smallest absolute Gasteiger partial charge is 0.133 e. The fourth-order valence-electron chi connectivity index (χ4n) is 1.28. The molecule has 3 heteroatoms. The molecular formula is C12H13BrO2. The molecule has 0 amide bonds. The van der Waals surface area contributed by atoms with Crippen LogP contribution in [0.3, 0.4) is 0 Å². The summed E-state index contributed by atoms with van der Waals surface area (Å²) in [5, 5.41) is 9.78. The number of hydrogen-bond donors (Lipinski definition) is 1. The monoisotopic (exact) mass is 268 g/mol. The van der Waals surface area contributed by atoms with Crippen LogP contribution < -0.4 is 4.74 Å². The summed E-state index contributed by atoms with van der Waals surface area (Å²) in [6.07, 6.45) is 5.78. The Balaban J connectivity index is 2.79. The van der Waals surface area contributed by atoms with E-state index in [-0.39, 0.29) is 0 Å². The third kappa shape index (κ3) is 3.26. The summed E-state index contributed by atoms with van der Waals surface area (Å²) in [5.74, 6) is 3.26. The quantitative estimate of drug-likeness (QED) is 0.851. The van der Waals surface area contributed by atoms with Crippen molar-refractivity contribution >= 4 is 15.9 Å². The highest BCUT2D eigenvalue weighted by Crippen LogP contribution is 2.29. The van der Waals surface area contributed by atoms with Crippen molar-refractivity contribution in [1.82, 2.24) is 0 Å². The minimum atomic E-state index is -0.511. The van der Waals surface area contributed by atoms with Crippen LogP contribution in [0.2, 0.25) is 0 Å². The van der Waals surface area contributed by atoms with Crippen LogP contribution in [0.4, 0.5) is 0 Å². The van der Waals surface area contributed by atoms with E-state index < -0.39 is 6.10 Å². The Kier molecular flexibility index (Phi) is 4.67. The molecule has 0 saturated heterocycles. The van der Waals surface area contributed by atoms with Gasteiger partial charge in [0.25, 0.3) is 0 Å². The lowest BCUT2D eigenvalue weighted by molar-refractivity contribution is 0.169. The van der Waals surface area contributed by atoms with Crippen LogP contribution in [0.1, 0.15) is 24.5 Å². The van der Waals surface area contributed by atoms with Crippen molar-refractivity contribution in [3.05, 3.63) is 28.2 Å². The zero-order chi connectivity index (χ0) is 11.3. The van der Waals surface area contributed by atoms with E-state index in [4.69, 9.17) is 11.2 Å². The van der Waals surface area contributed by atoms with Gasteiger partial charge in [-0.3, -0.25) is 0 Å². The number of aliphatic hydroxyl groups is 1. The van der Waals surface area contributed by atoms with Gasteiger partial charge in [0.05, 0.1) is 17.7 Å². The summed E-state index contributed by atoms with van der Waals surface area (Å²) >= 11 is 3.37. The first-order chi connectivity index (χ1) is 7.19. The molecule has 0 aliphatic heterocycles. The molecule has 0 aliphatic carbocycles. The standard InChI is InChI=1S/C12H13BrO2/c1-3-4-5-11(14)9-6-7-12(15-2)10(13)8-9/h1,6-8,11,14H,4-5H2,2H3. The Labute approximate surface area is 98.4 Å². The molecule has 0 spiro atoms. The number of terminal acetylenes is 1. The molecule has 2 nitrogen and oxygen atoms in total. The first kappa shape index (κ1) is 12.1. The maximum atomic E-state index is 9.78. The van der Waals surface area contributed by atoms with Gasteiger partial charge in [-0.2, -0.15) is 0 Å². The fourth-order valence-corrected chi connectivity index (χ4v) is 1.83. The highest BCUT2D eigenvalue weighted by Gasteiger charge is 2.09. The number of rotatable bonds is 4. The Morgan fingerprint density at radius 3 is 2.87 bits per heavy atom. The summed E-state index contributed by atoms with van der Waals surface area (Å²) in [6.45, 7) is 0. The molecule has 0 heterocycles. The van der Waals surface area contributed by atoms with Gasteiger partial charge in [-0.1, -0.05) is 6.07 Å². The third-order valence-electron chi connectivity index (χ3n) is 2.12. The number of halogens is 1. The number of benzene rings is 1. The van der Waals surface area contributed by atoms with Crippen molar-refractivity contribution in [2.45, 2.75) is 18.9 Å². The average molecular weight is 269 g/mol. The Morgan fingerprint density at radius 1 is 1.60 bits per heavy atom. The normalized spacial score (nSPS) is 11.9. The van der Waals surface area contributed by atoms with E-state index in [0.29, 0.717) is 12.8 Å². The largest absolute Gasteiger partial charge is 0.496 e. The van der Waals surface area contributed by atoms with Gasteiger partial charge in [-0.25, -0.2) is 0 Å². The third-order valence-corrected chi connectivity index (χ3v) is 2.74. The average Bonchev–Trinajstić information content (AvgIpc) is 2.25. The van der Waals surface area contributed by atoms with Gasteiger partial charge in [0.15, 0.2) is 0 Å². The van der Waals surface area contributed by atoms with Crippen LogP contribution in [-0.4, -0.2) is 12.2 Å². The van der Waals surface area contributed by atoms with E-state index in [1.807, 2.05) is 18.2 Å². The van der Waals surface area contributed by atoms with Gasteiger partial charge in [-0.05, 0) is 40.0 Å². The van der Waals surface area contributed by atoms with Crippen LogP contribution in [-0.2, 0) is 0 Å².